The average molecular weight is 438 g/mol. The molecule has 2 amide bonds. The fourth-order valence-electron chi connectivity index (χ4n) is 3.02. The molecule has 0 spiro atoms. The lowest BCUT2D eigenvalue weighted by atomic mass is 10.2. The monoisotopic (exact) mass is 437 g/mol. The fraction of sp³-hybridized carbons (Fsp3) is 0.304. The van der Waals surface area contributed by atoms with Crippen molar-refractivity contribution in [3.05, 3.63) is 77.1 Å². The smallest absolute Gasteiger partial charge is 0.273 e. The van der Waals surface area contributed by atoms with Crippen LogP contribution in [0, 0.1) is 0 Å². The van der Waals surface area contributed by atoms with Gasteiger partial charge in [0.1, 0.15) is 5.69 Å². The van der Waals surface area contributed by atoms with Crippen molar-refractivity contribution in [3.8, 4) is 5.69 Å². The molecule has 32 heavy (non-hydrogen) atoms. The lowest BCUT2D eigenvalue weighted by molar-refractivity contribution is 0.0901. The van der Waals surface area contributed by atoms with E-state index >= 15 is 0 Å². The van der Waals surface area contributed by atoms with Crippen LogP contribution in [0.4, 0.5) is 0 Å². The van der Waals surface area contributed by atoms with Gasteiger partial charge >= 0.3 is 0 Å². The Balaban J connectivity index is 1.82. The van der Waals surface area contributed by atoms with Gasteiger partial charge in [-0.3, -0.25) is 9.59 Å². The first-order valence-corrected chi connectivity index (χ1v) is 10.4. The summed E-state index contributed by atoms with van der Waals surface area (Å²) in [5.74, 6) is -0.507. The number of aromatic nitrogens is 3. The second-order valence-electron chi connectivity index (χ2n) is 6.93. The first-order valence-electron chi connectivity index (χ1n) is 10.4. The number of hydrogen-bond donors (Lipinski definition) is 2. The lowest BCUT2D eigenvalue weighted by Gasteiger charge is -2.10. The molecule has 3 aromatic rings. The Kier molecular flexibility index (Phi) is 8.47. The molecule has 1 aromatic heterocycles. The Morgan fingerprint density at radius 1 is 0.969 bits per heavy atom. The quantitative estimate of drug-likeness (QED) is 0.445. The van der Waals surface area contributed by atoms with Gasteiger partial charge in [-0.1, -0.05) is 35.5 Å². The summed E-state index contributed by atoms with van der Waals surface area (Å²) < 4.78 is 12.4. The highest BCUT2D eigenvalue weighted by Gasteiger charge is 2.21. The van der Waals surface area contributed by atoms with Crippen molar-refractivity contribution < 1.29 is 19.1 Å². The molecule has 0 radical (unpaired) electrons. The van der Waals surface area contributed by atoms with E-state index in [1.54, 1.807) is 36.1 Å². The summed E-state index contributed by atoms with van der Waals surface area (Å²) in [6.07, 6.45) is 0. The minimum absolute atomic E-state index is 0.132. The Morgan fingerprint density at radius 3 is 2.41 bits per heavy atom. The Hall–Kier alpha value is -3.56. The van der Waals surface area contributed by atoms with Crippen LogP contribution in [0.2, 0.25) is 0 Å². The maximum atomic E-state index is 12.6. The van der Waals surface area contributed by atoms with Crippen molar-refractivity contribution in [3.63, 3.8) is 0 Å². The number of ether oxygens (including phenoxy) is 2. The number of amides is 2. The lowest BCUT2D eigenvalue weighted by Crippen LogP contribution is -2.28. The van der Waals surface area contributed by atoms with E-state index in [1.807, 2.05) is 37.3 Å². The van der Waals surface area contributed by atoms with Crippen LogP contribution >= 0.6 is 0 Å². The van der Waals surface area contributed by atoms with Gasteiger partial charge in [-0.25, -0.2) is 4.68 Å². The number of nitrogens with zero attached hydrogens (tertiary/aromatic N) is 3. The van der Waals surface area contributed by atoms with E-state index in [-0.39, 0.29) is 24.1 Å². The predicted octanol–water partition coefficient (Wildman–Crippen LogP) is 2.11. The van der Waals surface area contributed by atoms with Crippen LogP contribution < -0.4 is 10.6 Å². The largest absolute Gasteiger partial charge is 0.383 e. The van der Waals surface area contributed by atoms with E-state index in [2.05, 4.69) is 20.9 Å². The zero-order valence-electron chi connectivity index (χ0n) is 18.2. The normalized spacial score (nSPS) is 10.7. The Morgan fingerprint density at radius 2 is 1.72 bits per heavy atom. The minimum atomic E-state index is -0.356. The van der Waals surface area contributed by atoms with Crippen LogP contribution in [-0.4, -0.2) is 53.6 Å². The second-order valence-corrected chi connectivity index (χ2v) is 6.93. The molecule has 9 heteroatoms. The van der Waals surface area contributed by atoms with Gasteiger partial charge in [0.25, 0.3) is 11.8 Å². The molecule has 0 saturated carbocycles. The molecule has 0 aliphatic rings. The number of benzene rings is 2. The van der Waals surface area contributed by atoms with E-state index in [0.29, 0.717) is 43.2 Å². The Bertz CT molecular complexity index is 1020. The van der Waals surface area contributed by atoms with Crippen molar-refractivity contribution >= 4 is 11.8 Å². The second kappa shape index (κ2) is 11.7. The van der Waals surface area contributed by atoms with Gasteiger partial charge < -0.3 is 20.1 Å². The molecule has 0 atom stereocenters. The van der Waals surface area contributed by atoms with Crippen molar-refractivity contribution in [2.24, 2.45) is 0 Å². The summed E-state index contributed by atoms with van der Waals surface area (Å²) in [4.78, 5) is 24.7. The topological polar surface area (TPSA) is 107 Å². The van der Waals surface area contributed by atoms with Gasteiger partial charge in [0.2, 0.25) is 0 Å². The highest BCUT2D eigenvalue weighted by atomic mass is 16.5. The van der Waals surface area contributed by atoms with Crippen LogP contribution in [0.25, 0.3) is 5.69 Å². The van der Waals surface area contributed by atoms with Gasteiger partial charge in [0, 0.05) is 25.8 Å². The molecular weight excluding hydrogens is 410 g/mol. The number of methoxy groups -OCH3 is 1. The summed E-state index contributed by atoms with van der Waals surface area (Å²) in [5.41, 5.74) is 2.92. The Labute approximate surface area is 186 Å². The molecule has 0 aliphatic carbocycles. The molecule has 2 aromatic carbocycles. The summed E-state index contributed by atoms with van der Waals surface area (Å²) in [6.45, 7) is 3.67. The van der Waals surface area contributed by atoms with E-state index < -0.39 is 0 Å². The molecule has 3 rings (SSSR count). The minimum Gasteiger partial charge on any atom is -0.383 e. The molecule has 168 valence electrons. The number of carbonyl (C=O) groups excluding carboxylic acids is 2. The van der Waals surface area contributed by atoms with E-state index in [1.165, 1.54) is 0 Å². The van der Waals surface area contributed by atoms with E-state index in [9.17, 15) is 9.59 Å². The van der Waals surface area contributed by atoms with Crippen LogP contribution in [-0.2, 0) is 22.7 Å². The van der Waals surface area contributed by atoms with Crippen molar-refractivity contribution in [1.82, 2.24) is 25.6 Å². The summed E-state index contributed by atoms with van der Waals surface area (Å²) in [6, 6.07) is 16.7. The van der Waals surface area contributed by atoms with Crippen molar-refractivity contribution in [1.29, 1.82) is 0 Å². The number of carbonyl (C=O) groups is 2. The third-order valence-corrected chi connectivity index (χ3v) is 4.63. The first kappa shape index (κ1) is 23.1. The maximum absolute atomic E-state index is 12.6. The van der Waals surface area contributed by atoms with Gasteiger partial charge in [0.15, 0.2) is 5.69 Å². The SMILES string of the molecule is CCNC(=O)c1ccc(-n2nnc(C(=O)NCCOC)c2COCc2ccccc2)cc1. The van der Waals surface area contributed by atoms with Gasteiger partial charge in [-0.15, -0.1) is 5.10 Å². The van der Waals surface area contributed by atoms with Crippen molar-refractivity contribution in [2.75, 3.05) is 26.8 Å². The zero-order chi connectivity index (χ0) is 22.8. The summed E-state index contributed by atoms with van der Waals surface area (Å²) in [7, 11) is 1.57. The average Bonchev–Trinajstić information content (AvgIpc) is 3.24. The van der Waals surface area contributed by atoms with Crippen LogP contribution in [0.3, 0.4) is 0 Å². The maximum Gasteiger partial charge on any atom is 0.273 e. The van der Waals surface area contributed by atoms with Gasteiger partial charge in [0.05, 0.1) is 25.5 Å². The van der Waals surface area contributed by atoms with Gasteiger partial charge in [-0.05, 0) is 36.8 Å². The van der Waals surface area contributed by atoms with Crippen LogP contribution in [0.15, 0.2) is 54.6 Å². The number of hydrogen-bond acceptors (Lipinski definition) is 6. The number of nitrogens with one attached hydrogen (secondary N) is 2. The summed E-state index contributed by atoms with van der Waals surface area (Å²) >= 11 is 0. The molecular formula is C23H27N5O4. The molecule has 0 unspecified atom stereocenters. The molecule has 0 saturated heterocycles. The van der Waals surface area contributed by atoms with Crippen LogP contribution in [0.5, 0.6) is 0 Å². The third kappa shape index (κ3) is 5.99. The van der Waals surface area contributed by atoms with Crippen LogP contribution in [0.1, 0.15) is 39.0 Å². The van der Waals surface area contributed by atoms with E-state index in [4.69, 9.17) is 9.47 Å². The summed E-state index contributed by atoms with van der Waals surface area (Å²) in [5, 5.41) is 13.8. The standard InChI is InChI=1S/C23H27N5O4/c1-3-24-22(29)18-9-11-19(12-10-18)28-20(16-32-15-17-7-5-4-6-8-17)21(26-27-28)23(30)25-13-14-31-2/h4-12H,3,13-16H2,1-2H3,(H,24,29)(H,25,30). The van der Waals surface area contributed by atoms with E-state index in [0.717, 1.165) is 5.56 Å². The fourth-order valence-corrected chi connectivity index (χ4v) is 3.02. The highest BCUT2D eigenvalue weighted by Crippen LogP contribution is 2.16. The molecule has 2 N–H and O–H groups in total. The molecule has 1 heterocycles. The molecule has 9 nitrogen and oxygen atoms in total. The molecule has 0 aliphatic heterocycles. The molecule has 0 fully saturated rings. The zero-order valence-corrected chi connectivity index (χ0v) is 18.2. The van der Waals surface area contributed by atoms with Crippen molar-refractivity contribution in [2.45, 2.75) is 20.1 Å². The third-order valence-electron chi connectivity index (χ3n) is 4.63. The number of rotatable bonds is 11. The van der Waals surface area contributed by atoms with Gasteiger partial charge in [-0.2, -0.15) is 0 Å². The molecule has 0 bridgehead atoms. The predicted molar refractivity (Wildman–Crippen MR) is 119 cm³/mol. The highest BCUT2D eigenvalue weighted by molar-refractivity contribution is 5.94. The first-order chi connectivity index (χ1) is 15.6.